The molecule has 21 heavy (non-hydrogen) atoms. The maximum Gasteiger partial charge on any atom is 0.216 e. The minimum Gasteiger partial charge on any atom is -0.326 e. The van der Waals surface area contributed by atoms with Crippen LogP contribution in [-0.4, -0.2) is 14.5 Å². The van der Waals surface area contributed by atoms with Crippen LogP contribution >= 0.6 is 0 Å². The SMILES string of the molecule is CCC1CCC(NS(=O)(=O)Cc2cccc(CN)c2)C1C. The van der Waals surface area contributed by atoms with Gasteiger partial charge in [0, 0.05) is 12.6 Å². The zero-order valence-corrected chi connectivity index (χ0v) is 13.7. The Hall–Kier alpha value is -0.910. The van der Waals surface area contributed by atoms with Crippen LogP contribution in [0.2, 0.25) is 0 Å². The Bertz CT molecular complexity index is 571. The van der Waals surface area contributed by atoms with E-state index in [0.717, 1.165) is 30.4 Å². The van der Waals surface area contributed by atoms with Gasteiger partial charge in [-0.2, -0.15) is 0 Å². The van der Waals surface area contributed by atoms with E-state index in [1.165, 1.54) is 0 Å². The van der Waals surface area contributed by atoms with Gasteiger partial charge < -0.3 is 5.73 Å². The third-order valence-corrected chi connectivity index (χ3v) is 6.04. The molecule has 5 heteroatoms. The maximum absolute atomic E-state index is 12.4. The first-order valence-electron chi connectivity index (χ1n) is 7.73. The van der Waals surface area contributed by atoms with Crippen LogP contribution in [0.25, 0.3) is 0 Å². The number of hydrogen-bond donors (Lipinski definition) is 2. The molecular weight excluding hydrogens is 284 g/mol. The van der Waals surface area contributed by atoms with Crippen molar-refractivity contribution in [2.75, 3.05) is 0 Å². The zero-order chi connectivity index (χ0) is 15.5. The average Bonchev–Trinajstić information content (AvgIpc) is 2.78. The van der Waals surface area contributed by atoms with Crippen molar-refractivity contribution >= 4 is 10.0 Å². The van der Waals surface area contributed by atoms with Gasteiger partial charge in [0.15, 0.2) is 0 Å². The lowest BCUT2D eigenvalue weighted by Gasteiger charge is -2.21. The van der Waals surface area contributed by atoms with Gasteiger partial charge in [0.25, 0.3) is 0 Å². The molecule has 0 radical (unpaired) electrons. The molecule has 1 aliphatic rings. The molecule has 0 spiro atoms. The van der Waals surface area contributed by atoms with Crippen molar-refractivity contribution < 1.29 is 8.42 Å². The lowest BCUT2D eigenvalue weighted by Crippen LogP contribution is -2.38. The van der Waals surface area contributed by atoms with Gasteiger partial charge in [-0.25, -0.2) is 13.1 Å². The van der Waals surface area contributed by atoms with E-state index < -0.39 is 10.0 Å². The van der Waals surface area contributed by atoms with E-state index in [9.17, 15) is 8.42 Å². The summed E-state index contributed by atoms with van der Waals surface area (Å²) in [5.74, 6) is 1.08. The molecule has 1 aromatic carbocycles. The highest BCUT2D eigenvalue weighted by Crippen LogP contribution is 2.34. The van der Waals surface area contributed by atoms with Crippen LogP contribution in [0.15, 0.2) is 24.3 Å². The van der Waals surface area contributed by atoms with Crippen molar-refractivity contribution in [3.8, 4) is 0 Å². The van der Waals surface area contributed by atoms with Crippen molar-refractivity contribution in [2.45, 2.75) is 51.4 Å². The highest BCUT2D eigenvalue weighted by molar-refractivity contribution is 7.88. The fourth-order valence-electron chi connectivity index (χ4n) is 3.33. The number of sulfonamides is 1. The van der Waals surface area contributed by atoms with Crippen LogP contribution in [0.4, 0.5) is 0 Å². The second-order valence-electron chi connectivity index (χ2n) is 6.11. The van der Waals surface area contributed by atoms with Crippen LogP contribution in [0.3, 0.4) is 0 Å². The number of nitrogens with one attached hydrogen (secondary N) is 1. The van der Waals surface area contributed by atoms with Crippen LogP contribution in [0, 0.1) is 11.8 Å². The van der Waals surface area contributed by atoms with Crippen molar-refractivity contribution in [3.05, 3.63) is 35.4 Å². The summed E-state index contributed by atoms with van der Waals surface area (Å²) in [4.78, 5) is 0. The largest absolute Gasteiger partial charge is 0.326 e. The Morgan fingerprint density at radius 2 is 2.00 bits per heavy atom. The van der Waals surface area contributed by atoms with Crippen molar-refractivity contribution in [1.29, 1.82) is 0 Å². The van der Waals surface area contributed by atoms with Crippen molar-refractivity contribution in [3.63, 3.8) is 0 Å². The number of hydrogen-bond acceptors (Lipinski definition) is 3. The van der Waals surface area contributed by atoms with E-state index in [4.69, 9.17) is 5.73 Å². The molecular formula is C16H26N2O2S. The Balaban J connectivity index is 2.02. The fraction of sp³-hybridized carbons (Fsp3) is 0.625. The van der Waals surface area contributed by atoms with Crippen molar-refractivity contribution in [2.24, 2.45) is 17.6 Å². The summed E-state index contributed by atoms with van der Waals surface area (Å²) >= 11 is 0. The van der Waals surface area contributed by atoms with Gasteiger partial charge in [-0.3, -0.25) is 0 Å². The first-order valence-corrected chi connectivity index (χ1v) is 9.38. The van der Waals surface area contributed by atoms with Crippen LogP contribution in [0.1, 0.15) is 44.2 Å². The quantitative estimate of drug-likeness (QED) is 0.847. The van der Waals surface area contributed by atoms with Gasteiger partial charge in [-0.15, -0.1) is 0 Å². The summed E-state index contributed by atoms with van der Waals surface area (Å²) in [5.41, 5.74) is 7.35. The van der Waals surface area contributed by atoms with Crippen LogP contribution < -0.4 is 10.5 Å². The topological polar surface area (TPSA) is 72.2 Å². The predicted octanol–water partition coefficient (Wildman–Crippen LogP) is 2.39. The number of nitrogens with two attached hydrogens (primary N) is 1. The molecule has 2 rings (SSSR count). The molecule has 1 fully saturated rings. The molecule has 0 aliphatic heterocycles. The molecule has 118 valence electrons. The molecule has 3 atom stereocenters. The summed E-state index contributed by atoms with van der Waals surface area (Å²) in [6.07, 6.45) is 3.19. The zero-order valence-electron chi connectivity index (χ0n) is 12.9. The first-order chi connectivity index (χ1) is 9.95. The number of benzene rings is 1. The summed E-state index contributed by atoms with van der Waals surface area (Å²) in [5, 5.41) is 0. The molecule has 1 saturated carbocycles. The molecule has 0 bridgehead atoms. The van der Waals surface area contributed by atoms with Gasteiger partial charge in [-0.05, 0) is 35.8 Å². The summed E-state index contributed by atoms with van der Waals surface area (Å²) < 4.78 is 27.6. The van der Waals surface area contributed by atoms with Crippen LogP contribution in [0.5, 0.6) is 0 Å². The average molecular weight is 310 g/mol. The standard InChI is InChI=1S/C16H26N2O2S/c1-3-15-7-8-16(12(15)2)18-21(19,20)11-14-6-4-5-13(9-14)10-17/h4-6,9,12,15-16,18H,3,7-8,10-11,17H2,1-2H3. The molecule has 1 aliphatic carbocycles. The van der Waals surface area contributed by atoms with Gasteiger partial charge in [0.1, 0.15) is 0 Å². The Morgan fingerprint density at radius 3 is 2.62 bits per heavy atom. The predicted molar refractivity (Wildman–Crippen MR) is 86.1 cm³/mol. The van der Waals surface area contributed by atoms with Gasteiger partial charge >= 0.3 is 0 Å². The van der Waals surface area contributed by atoms with Crippen molar-refractivity contribution in [1.82, 2.24) is 4.72 Å². The second kappa shape index (κ2) is 6.90. The highest BCUT2D eigenvalue weighted by atomic mass is 32.2. The molecule has 0 heterocycles. The lowest BCUT2D eigenvalue weighted by molar-refractivity contribution is 0.368. The van der Waals surface area contributed by atoms with E-state index in [1.54, 1.807) is 0 Å². The summed E-state index contributed by atoms with van der Waals surface area (Å²) in [6.45, 7) is 4.76. The molecule has 4 nitrogen and oxygen atoms in total. The summed E-state index contributed by atoms with van der Waals surface area (Å²) in [7, 11) is -3.30. The van der Waals surface area contributed by atoms with Crippen LogP contribution in [-0.2, 0) is 22.3 Å². The number of rotatable bonds is 6. The Labute approximate surface area is 128 Å². The highest BCUT2D eigenvalue weighted by Gasteiger charge is 2.33. The minimum absolute atomic E-state index is 0.0286. The van der Waals surface area contributed by atoms with E-state index in [2.05, 4.69) is 18.6 Å². The molecule has 1 aromatic rings. The normalized spacial score (nSPS) is 26.1. The van der Waals surface area contributed by atoms with E-state index in [-0.39, 0.29) is 11.8 Å². The maximum atomic E-state index is 12.4. The third kappa shape index (κ3) is 4.28. The molecule has 0 amide bonds. The van der Waals surface area contributed by atoms with Gasteiger partial charge in [0.05, 0.1) is 5.75 Å². The van der Waals surface area contributed by atoms with Gasteiger partial charge in [-0.1, -0.05) is 44.5 Å². The monoisotopic (exact) mass is 310 g/mol. The first kappa shape index (κ1) is 16.5. The Kier molecular flexibility index (Phi) is 5.41. The fourth-order valence-corrected chi connectivity index (χ4v) is 4.82. The third-order valence-electron chi connectivity index (χ3n) is 4.67. The molecule has 0 saturated heterocycles. The Morgan fingerprint density at radius 1 is 1.29 bits per heavy atom. The van der Waals surface area contributed by atoms with E-state index in [0.29, 0.717) is 18.4 Å². The molecule has 3 unspecified atom stereocenters. The summed E-state index contributed by atoms with van der Waals surface area (Å²) in [6, 6.07) is 7.56. The van der Waals surface area contributed by atoms with E-state index in [1.807, 2.05) is 24.3 Å². The molecule has 0 aromatic heterocycles. The second-order valence-corrected chi connectivity index (χ2v) is 7.87. The lowest BCUT2D eigenvalue weighted by atomic mass is 9.94. The smallest absolute Gasteiger partial charge is 0.216 e. The molecule has 3 N–H and O–H groups in total. The minimum atomic E-state index is -3.30. The van der Waals surface area contributed by atoms with E-state index >= 15 is 0 Å². The van der Waals surface area contributed by atoms with Gasteiger partial charge in [0.2, 0.25) is 10.0 Å².